The van der Waals surface area contributed by atoms with Gasteiger partial charge in [-0.3, -0.25) is 9.59 Å². The SMILES string of the molecule is CC1(C)C(=O)CC1C(=O)CCO. The van der Waals surface area contributed by atoms with Crippen LogP contribution in [0.15, 0.2) is 0 Å². The molecule has 1 aliphatic rings. The molecule has 3 heteroatoms. The first-order chi connectivity index (χ1) is 5.50. The maximum atomic E-state index is 11.3. The van der Waals surface area contributed by atoms with Crippen LogP contribution >= 0.6 is 0 Å². The first-order valence-corrected chi connectivity index (χ1v) is 4.17. The van der Waals surface area contributed by atoms with Crippen LogP contribution in [0.5, 0.6) is 0 Å². The zero-order valence-corrected chi connectivity index (χ0v) is 7.46. The van der Waals surface area contributed by atoms with E-state index >= 15 is 0 Å². The summed E-state index contributed by atoms with van der Waals surface area (Å²) in [5.41, 5.74) is -0.480. The van der Waals surface area contributed by atoms with Gasteiger partial charge in [0.05, 0.1) is 0 Å². The number of aliphatic hydroxyl groups is 1. The summed E-state index contributed by atoms with van der Waals surface area (Å²) in [5.74, 6) is 0.0121. The van der Waals surface area contributed by atoms with E-state index in [0.717, 1.165) is 0 Å². The molecule has 0 aromatic carbocycles. The van der Waals surface area contributed by atoms with E-state index in [-0.39, 0.29) is 30.5 Å². The lowest BCUT2D eigenvalue weighted by Gasteiger charge is -2.41. The van der Waals surface area contributed by atoms with Crippen molar-refractivity contribution in [2.45, 2.75) is 26.7 Å². The van der Waals surface area contributed by atoms with Crippen LogP contribution in [0.3, 0.4) is 0 Å². The molecule has 3 nitrogen and oxygen atoms in total. The Morgan fingerprint density at radius 1 is 1.67 bits per heavy atom. The van der Waals surface area contributed by atoms with Crippen molar-refractivity contribution < 1.29 is 14.7 Å². The number of hydrogen-bond acceptors (Lipinski definition) is 3. The normalized spacial score (nSPS) is 26.6. The molecule has 0 amide bonds. The fraction of sp³-hybridized carbons (Fsp3) is 0.778. The maximum absolute atomic E-state index is 11.3. The Morgan fingerprint density at radius 2 is 2.25 bits per heavy atom. The molecular formula is C9H14O3. The molecule has 1 atom stereocenters. The quantitative estimate of drug-likeness (QED) is 0.673. The zero-order chi connectivity index (χ0) is 9.35. The van der Waals surface area contributed by atoms with Gasteiger partial charge in [0.25, 0.3) is 0 Å². The largest absolute Gasteiger partial charge is 0.396 e. The molecule has 0 bridgehead atoms. The molecule has 1 N–H and O–H groups in total. The van der Waals surface area contributed by atoms with E-state index in [2.05, 4.69) is 0 Å². The average molecular weight is 170 g/mol. The molecule has 0 saturated heterocycles. The van der Waals surface area contributed by atoms with Crippen molar-refractivity contribution in [3.8, 4) is 0 Å². The average Bonchev–Trinajstić information content (AvgIpc) is 2.00. The van der Waals surface area contributed by atoms with E-state index < -0.39 is 5.41 Å². The predicted molar refractivity (Wildman–Crippen MR) is 43.6 cm³/mol. The van der Waals surface area contributed by atoms with Crippen LogP contribution in [-0.4, -0.2) is 23.3 Å². The fourth-order valence-electron chi connectivity index (χ4n) is 1.57. The van der Waals surface area contributed by atoms with Gasteiger partial charge in [-0.15, -0.1) is 0 Å². The highest BCUT2D eigenvalue weighted by molar-refractivity contribution is 6.01. The number of ketones is 2. The molecule has 0 aromatic rings. The topological polar surface area (TPSA) is 54.4 Å². The first kappa shape index (κ1) is 9.39. The van der Waals surface area contributed by atoms with Gasteiger partial charge in [-0.05, 0) is 0 Å². The molecule has 12 heavy (non-hydrogen) atoms. The number of Topliss-reactive ketones (excluding diaryl/α,β-unsaturated/α-hetero) is 2. The first-order valence-electron chi connectivity index (χ1n) is 4.17. The molecule has 68 valence electrons. The van der Waals surface area contributed by atoms with Crippen molar-refractivity contribution in [1.29, 1.82) is 0 Å². The Kier molecular flexibility index (Phi) is 2.33. The summed E-state index contributed by atoms with van der Waals surface area (Å²) in [7, 11) is 0. The van der Waals surface area contributed by atoms with Crippen molar-refractivity contribution in [3.05, 3.63) is 0 Å². The van der Waals surface area contributed by atoms with Gasteiger partial charge in [0.2, 0.25) is 0 Å². The molecular weight excluding hydrogens is 156 g/mol. The molecule has 1 aliphatic carbocycles. The summed E-state index contributed by atoms with van der Waals surface area (Å²) in [5, 5.41) is 8.54. The van der Waals surface area contributed by atoms with E-state index in [0.29, 0.717) is 6.42 Å². The van der Waals surface area contributed by atoms with E-state index in [1.165, 1.54) is 0 Å². The molecule has 0 heterocycles. The minimum atomic E-state index is -0.480. The Morgan fingerprint density at radius 3 is 2.58 bits per heavy atom. The van der Waals surface area contributed by atoms with Crippen LogP contribution in [0.4, 0.5) is 0 Å². The molecule has 0 aromatic heterocycles. The van der Waals surface area contributed by atoms with Gasteiger partial charge in [0.1, 0.15) is 11.6 Å². The van der Waals surface area contributed by atoms with Crippen LogP contribution in [0.2, 0.25) is 0 Å². The Bertz CT molecular complexity index is 218. The van der Waals surface area contributed by atoms with Crippen LogP contribution in [0, 0.1) is 11.3 Å². The molecule has 1 saturated carbocycles. The van der Waals surface area contributed by atoms with Gasteiger partial charge in [-0.2, -0.15) is 0 Å². The van der Waals surface area contributed by atoms with E-state index in [4.69, 9.17) is 5.11 Å². The molecule has 0 radical (unpaired) electrons. The molecule has 0 spiro atoms. The van der Waals surface area contributed by atoms with Crippen molar-refractivity contribution in [2.24, 2.45) is 11.3 Å². The summed E-state index contributed by atoms with van der Waals surface area (Å²) in [6, 6.07) is 0. The second kappa shape index (κ2) is 2.98. The number of aliphatic hydroxyl groups excluding tert-OH is 1. The third-order valence-corrected chi connectivity index (χ3v) is 2.73. The van der Waals surface area contributed by atoms with Crippen LogP contribution in [-0.2, 0) is 9.59 Å². The predicted octanol–water partition coefficient (Wildman–Crippen LogP) is 0.553. The second-order valence-electron chi connectivity index (χ2n) is 3.84. The van der Waals surface area contributed by atoms with Gasteiger partial charge < -0.3 is 5.11 Å². The highest BCUT2D eigenvalue weighted by Crippen LogP contribution is 2.43. The van der Waals surface area contributed by atoms with E-state index in [1.54, 1.807) is 13.8 Å². The van der Waals surface area contributed by atoms with Gasteiger partial charge in [-0.1, -0.05) is 13.8 Å². The van der Waals surface area contributed by atoms with Crippen LogP contribution < -0.4 is 0 Å². The Hall–Kier alpha value is -0.700. The Balaban J connectivity index is 2.57. The molecule has 1 fully saturated rings. The minimum Gasteiger partial charge on any atom is -0.396 e. The molecule has 1 unspecified atom stereocenters. The lowest BCUT2D eigenvalue weighted by atomic mass is 9.59. The number of carbonyl (C=O) groups excluding carboxylic acids is 2. The van der Waals surface area contributed by atoms with Crippen LogP contribution in [0.1, 0.15) is 26.7 Å². The van der Waals surface area contributed by atoms with E-state index in [1.807, 2.05) is 0 Å². The number of carbonyl (C=O) groups is 2. The highest BCUT2D eigenvalue weighted by atomic mass is 16.3. The van der Waals surface area contributed by atoms with Crippen molar-refractivity contribution in [1.82, 2.24) is 0 Å². The second-order valence-corrected chi connectivity index (χ2v) is 3.84. The minimum absolute atomic E-state index is 0.0158. The maximum Gasteiger partial charge on any atom is 0.139 e. The lowest BCUT2D eigenvalue weighted by molar-refractivity contribution is -0.151. The molecule has 1 rings (SSSR count). The smallest absolute Gasteiger partial charge is 0.139 e. The lowest BCUT2D eigenvalue weighted by Crippen LogP contribution is -2.49. The molecule has 0 aliphatic heterocycles. The fourth-order valence-corrected chi connectivity index (χ4v) is 1.57. The number of hydrogen-bond donors (Lipinski definition) is 1. The highest BCUT2D eigenvalue weighted by Gasteiger charge is 2.50. The summed E-state index contributed by atoms with van der Waals surface area (Å²) < 4.78 is 0. The van der Waals surface area contributed by atoms with Crippen molar-refractivity contribution in [3.63, 3.8) is 0 Å². The summed E-state index contributed by atoms with van der Waals surface area (Å²) in [6.07, 6.45) is 0.549. The monoisotopic (exact) mass is 170 g/mol. The summed E-state index contributed by atoms with van der Waals surface area (Å²) in [6.45, 7) is 3.47. The van der Waals surface area contributed by atoms with Gasteiger partial charge in [-0.25, -0.2) is 0 Å². The van der Waals surface area contributed by atoms with Crippen molar-refractivity contribution in [2.75, 3.05) is 6.61 Å². The Labute approximate surface area is 71.8 Å². The van der Waals surface area contributed by atoms with Gasteiger partial charge in [0, 0.05) is 30.8 Å². The van der Waals surface area contributed by atoms with E-state index in [9.17, 15) is 9.59 Å². The zero-order valence-electron chi connectivity index (χ0n) is 7.46. The van der Waals surface area contributed by atoms with Crippen molar-refractivity contribution >= 4 is 11.6 Å². The third kappa shape index (κ3) is 1.29. The summed E-state index contributed by atoms with van der Waals surface area (Å²) in [4.78, 5) is 22.3. The van der Waals surface area contributed by atoms with Gasteiger partial charge >= 0.3 is 0 Å². The third-order valence-electron chi connectivity index (χ3n) is 2.73. The number of rotatable bonds is 3. The van der Waals surface area contributed by atoms with Gasteiger partial charge in [0.15, 0.2) is 0 Å². The van der Waals surface area contributed by atoms with Crippen LogP contribution in [0.25, 0.3) is 0 Å². The summed E-state index contributed by atoms with van der Waals surface area (Å²) >= 11 is 0. The standard InChI is InChI=1S/C9H14O3/c1-9(2)6(5-8(9)12)7(11)3-4-10/h6,10H,3-5H2,1-2H3.